The van der Waals surface area contributed by atoms with E-state index in [4.69, 9.17) is 0 Å². The third kappa shape index (κ3) is 4.70. The number of halogens is 1. The van der Waals surface area contributed by atoms with E-state index in [1.807, 2.05) is 0 Å². The molecule has 0 amide bonds. The molecule has 1 heterocycles. The average Bonchev–Trinajstić information content (AvgIpc) is 2.36. The van der Waals surface area contributed by atoms with E-state index in [9.17, 15) is 0 Å². The van der Waals surface area contributed by atoms with Crippen molar-refractivity contribution in [2.75, 3.05) is 31.6 Å². The molecule has 1 aromatic carbocycles. The van der Waals surface area contributed by atoms with Crippen molar-refractivity contribution in [3.05, 3.63) is 28.2 Å². The molecule has 0 spiro atoms. The van der Waals surface area contributed by atoms with Crippen molar-refractivity contribution >= 4 is 21.6 Å². The van der Waals surface area contributed by atoms with Gasteiger partial charge in [-0.25, -0.2) is 0 Å². The summed E-state index contributed by atoms with van der Waals surface area (Å²) < 4.78 is 1.16. The number of hydrogen-bond donors (Lipinski definition) is 1. The van der Waals surface area contributed by atoms with E-state index in [0.29, 0.717) is 6.04 Å². The highest BCUT2D eigenvalue weighted by molar-refractivity contribution is 9.10. The van der Waals surface area contributed by atoms with E-state index in [-0.39, 0.29) is 5.54 Å². The lowest BCUT2D eigenvalue weighted by Gasteiger charge is -2.41. The van der Waals surface area contributed by atoms with Gasteiger partial charge in [-0.3, -0.25) is 0 Å². The molecule has 0 saturated carbocycles. The second-order valence-corrected chi connectivity index (χ2v) is 8.10. The number of nitrogens with one attached hydrogen (secondary N) is 1. The van der Waals surface area contributed by atoms with E-state index in [1.54, 1.807) is 0 Å². The summed E-state index contributed by atoms with van der Waals surface area (Å²) in [6, 6.07) is 7.20. The highest BCUT2D eigenvalue weighted by Gasteiger charge is 2.24. The molecule has 0 aliphatic carbocycles. The lowest BCUT2D eigenvalue weighted by molar-refractivity contribution is 0.275. The van der Waals surface area contributed by atoms with Crippen molar-refractivity contribution in [1.29, 1.82) is 0 Å². The Labute approximate surface area is 137 Å². The molecule has 1 aliphatic rings. The van der Waals surface area contributed by atoms with E-state index in [2.05, 4.69) is 84.0 Å². The zero-order valence-electron chi connectivity index (χ0n) is 13.9. The standard InChI is InChI=1S/C17H28BrN3/c1-13-12-20(5)8-9-21(13)16-10-15(18)7-6-14(16)11-19-17(2,3)4/h6-7,10,13,19H,8-9,11-12H2,1-5H3. The highest BCUT2D eigenvalue weighted by atomic mass is 79.9. The molecule has 1 unspecified atom stereocenters. The third-order valence-corrected chi connectivity index (χ3v) is 4.49. The third-order valence-electron chi connectivity index (χ3n) is 4.00. The second kappa shape index (κ2) is 6.67. The smallest absolute Gasteiger partial charge is 0.0426 e. The Hall–Kier alpha value is -0.580. The topological polar surface area (TPSA) is 18.5 Å². The van der Waals surface area contributed by atoms with Crippen LogP contribution < -0.4 is 10.2 Å². The van der Waals surface area contributed by atoms with Crippen LogP contribution in [-0.4, -0.2) is 43.2 Å². The summed E-state index contributed by atoms with van der Waals surface area (Å²) >= 11 is 3.63. The number of likely N-dealkylation sites (N-methyl/N-ethyl adjacent to an activating group) is 1. The Morgan fingerprint density at radius 2 is 2.00 bits per heavy atom. The molecular weight excluding hydrogens is 326 g/mol. The van der Waals surface area contributed by atoms with Crippen LogP contribution in [0.2, 0.25) is 0 Å². The van der Waals surface area contributed by atoms with Crippen molar-refractivity contribution in [3.63, 3.8) is 0 Å². The summed E-state index contributed by atoms with van der Waals surface area (Å²) in [5.41, 5.74) is 2.88. The minimum atomic E-state index is 0.137. The Kier molecular flexibility index (Phi) is 5.33. The summed E-state index contributed by atoms with van der Waals surface area (Å²) in [5.74, 6) is 0. The van der Waals surface area contributed by atoms with Gasteiger partial charge in [0.15, 0.2) is 0 Å². The molecule has 4 heteroatoms. The largest absolute Gasteiger partial charge is 0.366 e. The zero-order chi connectivity index (χ0) is 15.6. The Morgan fingerprint density at radius 3 is 2.62 bits per heavy atom. The first-order valence-corrected chi connectivity index (χ1v) is 8.54. The van der Waals surface area contributed by atoms with E-state index in [1.165, 1.54) is 11.3 Å². The van der Waals surface area contributed by atoms with Gasteiger partial charge in [0, 0.05) is 47.9 Å². The molecule has 1 aliphatic heterocycles. The van der Waals surface area contributed by atoms with Gasteiger partial charge in [-0.1, -0.05) is 22.0 Å². The molecule has 1 aromatic rings. The molecule has 0 aromatic heterocycles. The maximum absolute atomic E-state index is 3.63. The lowest BCUT2D eigenvalue weighted by atomic mass is 10.1. The Morgan fingerprint density at radius 1 is 1.29 bits per heavy atom. The molecule has 1 saturated heterocycles. The first-order chi connectivity index (χ1) is 9.76. The van der Waals surface area contributed by atoms with Crippen LogP contribution in [0.15, 0.2) is 22.7 Å². The molecule has 0 bridgehead atoms. The van der Waals surface area contributed by atoms with Crippen molar-refractivity contribution in [2.24, 2.45) is 0 Å². The maximum atomic E-state index is 3.63. The molecule has 118 valence electrons. The van der Waals surface area contributed by atoms with Crippen LogP contribution in [-0.2, 0) is 6.54 Å². The molecule has 1 fully saturated rings. The minimum Gasteiger partial charge on any atom is -0.366 e. The minimum absolute atomic E-state index is 0.137. The van der Waals surface area contributed by atoms with Gasteiger partial charge in [0.05, 0.1) is 0 Å². The van der Waals surface area contributed by atoms with Gasteiger partial charge >= 0.3 is 0 Å². The SMILES string of the molecule is CC1CN(C)CCN1c1cc(Br)ccc1CNC(C)(C)C. The van der Waals surface area contributed by atoms with Gasteiger partial charge in [-0.15, -0.1) is 0 Å². The summed E-state index contributed by atoms with van der Waals surface area (Å²) in [6.07, 6.45) is 0. The summed E-state index contributed by atoms with van der Waals surface area (Å²) in [5, 5.41) is 3.61. The number of anilines is 1. The summed E-state index contributed by atoms with van der Waals surface area (Å²) in [6.45, 7) is 13.2. The first-order valence-electron chi connectivity index (χ1n) is 7.75. The van der Waals surface area contributed by atoms with Crippen LogP contribution >= 0.6 is 15.9 Å². The first kappa shape index (κ1) is 16.8. The van der Waals surface area contributed by atoms with E-state index in [0.717, 1.165) is 30.7 Å². The van der Waals surface area contributed by atoms with Crippen molar-refractivity contribution in [3.8, 4) is 0 Å². The number of rotatable bonds is 3. The summed E-state index contributed by atoms with van der Waals surface area (Å²) in [7, 11) is 2.21. The second-order valence-electron chi connectivity index (χ2n) is 7.18. The predicted octanol–water partition coefficient (Wildman–Crippen LogP) is 3.48. The maximum Gasteiger partial charge on any atom is 0.0426 e. The van der Waals surface area contributed by atoms with Gasteiger partial charge in [0.1, 0.15) is 0 Å². The lowest BCUT2D eigenvalue weighted by Crippen LogP contribution is -2.51. The molecule has 1 atom stereocenters. The molecule has 0 radical (unpaired) electrons. The van der Waals surface area contributed by atoms with Gasteiger partial charge in [-0.2, -0.15) is 0 Å². The fourth-order valence-corrected chi connectivity index (χ4v) is 3.16. The number of benzene rings is 1. The number of nitrogens with zero attached hydrogens (tertiary/aromatic N) is 2. The normalized spacial score (nSPS) is 20.9. The quantitative estimate of drug-likeness (QED) is 0.897. The van der Waals surface area contributed by atoms with Gasteiger partial charge in [-0.05, 0) is 52.4 Å². The number of piperazine rings is 1. The van der Waals surface area contributed by atoms with Gasteiger partial charge in [0.25, 0.3) is 0 Å². The van der Waals surface area contributed by atoms with Crippen molar-refractivity contribution in [1.82, 2.24) is 10.2 Å². The van der Waals surface area contributed by atoms with Gasteiger partial charge < -0.3 is 15.1 Å². The Bertz CT molecular complexity index is 481. The van der Waals surface area contributed by atoms with E-state index >= 15 is 0 Å². The number of hydrogen-bond acceptors (Lipinski definition) is 3. The predicted molar refractivity (Wildman–Crippen MR) is 95.0 cm³/mol. The van der Waals surface area contributed by atoms with Crippen molar-refractivity contribution < 1.29 is 0 Å². The molecule has 2 rings (SSSR count). The summed E-state index contributed by atoms with van der Waals surface area (Å²) in [4.78, 5) is 4.96. The average molecular weight is 354 g/mol. The van der Waals surface area contributed by atoms with Crippen LogP contribution in [0.4, 0.5) is 5.69 Å². The van der Waals surface area contributed by atoms with Crippen LogP contribution in [0, 0.1) is 0 Å². The van der Waals surface area contributed by atoms with Crippen LogP contribution in [0.3, 0.4) is 0 Å². The van der Waals surface area contributed by atoms with Crippen LogP contribution in [0.1, 0.15) is 33.3 Å². The fraction of sp³-hybridized carbons (Fsp3) is 0.647. The van der Waals surface area contributed by atoms with E-state index < -0.39 is 0 Å². The van der Waals surface area contributed by atoms with Crippen LogP contribution in [0.25, 0.3) is 0 Å². The van der Waals surface area contributed by atoms with Crippen molar-refractivity contribution in [2.45, 2.75) is 45.8 Å². The molecule has 21 heavy (non-hydrogen) atoms. The zero-order valence-corrected chi connectivity index (χ0v) is 15.5. The molecule has 3 nitrogen and oxygen atoms in total. The monoisotopic (exact) mass is 353 g/mol. The molecule has 1 N–H and O–H groups in total. The molecular formula is C17H28BrN3. The fourth-order valence-electron chi connectivity index (χ4n) is 2.81. The Balaban J connectivity index is 2.22. The van der Waals surface area contributed by atoms with Gasteiger partial charge in [0.2, 0.25) is 0 Å². The van der Waals surface area contributed by atoms with Crippen LogP contribution in [0.5, 0.6) is 0 Å². The highest BCUT2D eigenvalue weighted by Crippen LogP contribution is 2.28.